The van der Waals surface area contributed by atoms with Crippen LogP contribution < -0.4 is 4.57 Å². The molecule has 31 heavy (non-hydrogen) atoms. The fourth-order valence-electron chi connectivity index (χ4n) is 4.98. The van der Waals surface area contributed by atoms with Crippen LogP contribution in [-0.4, -0.2) is 0 Å². The van der Waals surface area contributed by atoms with E-state index >= 15 is 0 Å². The van der Waals surface area contributed by atoms with E-state index in [2.05, 4.69) is 0 Å². The van der Waals surface area contributed by atoms with Crippen LogP contribution in [0.2, 0.25) is 0 Å². The number of rotatable bonds is 1. The summed E-state index contributed by atoms with van der Waals surface area (Å²) in [6.07, 6.45) is 1.58. The van der Waals surface area contributed by atoms with E-state index < -0.39 is 26.0 Å². The number of benzene rings is 3. The Bertz CT molecular complexity index is 1830. The molecule has 1 aliphatic rings. The number of pyridine rings is 1. The van der Waals surface area contributed by atoms with Crippen molar-refractivity contribution in [2.75, 3.05) is 0 Å². The Morgan fingerprint density at radius 2 is 1.77 bits per heavy atom. The predicted molar refractivity (Wildman–Crippen MR) is 127 cm³/mol. The molecule has 2 nitrogen and oxygen atoms in total. The van der Waals surface area contributed by atoms with Crippen LogP contribution in [0, 0.1) is 13.8 Å². The summed E-state index contributed by atoms with van der Waals surface area (Å²) in [5.41, 5.74) is 3.09. The molecule has 0 radical (unpaired) electrons. The third-order valence-electron chi connectivity index (χ3n) is 6.41. The van der Waals surface area contributed by atoms with E-state index in [1.54, 1.807) is 66.3 Å². The largest absolute Gasteiger partial charge is 0.455 e. The molecule has 0 unspecified atom stereocenters. The zero-order valence-electron chi connectivity index (χ0n) is 26.2. The highest BCUT2D eigenvalue weighted by molar-refractivity contribution is 6.17. The molecule has 1 aliphatic carbocycles. The molecule has 6 rings (SSSR count). The average Bonchev–Trinajstić information content (AvgIpc) is 3.37. The zero-order valence-corrected chi connectivity index (χ0v) is 17.2. The van der Waals surface area contributed by atoms with Gasteiger partial charge >= 0.3 is 0 Å². The first-order chi connectivity index (χ1) is 18.6. The van der Waals surface area contributed by atoms with Crippen molar-refractivity contribution in [2.24, 2.45) is 7.05 Å². The minimum absolute atomic E-state index is 0.216. The first-order valence-corrected chi connectivity index (χ1v) is 10.2. The number of nitrogens with zero attached hydrogens (tertiary/aromatic N) is 1. The van der Waals surface area contributed by atoms with E-state index in [4.69, 9.17) is 16.8 Å². The lowest BCUT2D eigenvalue weighted by Crippen LogP contribution is -2.31. The number of hydrogen-bond donors (Lipinski definition) is 0. The Labute approximate surface area is 195 Å². The van der Waals surface area contributed by atoms with E-state index in [1.165, 1.54) is 0 Å². The van der Waals surface area contributed by atoms with Gasteiger partial charge in [-0.1, -0.05) is 56.2 Å². The molecule has 5 aromatic rings. The van der Waals surface area contributed by atoms with Crippen molar-refractivity contribution in [3.63, 3.8) is 0 Å². The van der Waals surface area contributed by atoms with E-state index in [9.17, 15) is 0 Å². The molecule has 3 aromatic carbocycles. The van der Waals surface area contributed by atoms with Crippen molar-refractivity contribution < 1.29 is 21.3 Å². The maximum atomic E-state index is 8.49. The Hall–Kier alpha value is -3.39. The molecule has 0 amide bonds. The fraction of sp³-hybridized carbons (Fsp3) is 0.207. The second kappa shape index (κ2) is 6.07. The van der Waals surface area contributed by atoms with E-state index in [0.717, 1.165) is 16.8 Å². The van der Waals surface area contributed by atoms with Crippen molar-refractivity contribution in [3.05, 3.63) is 89.1 Å². The van der Waals surface area contributed by atoms with Gasteiger partial charge in [-0.15, -0.1) is 0 Å². The molecule has 2 heteroatoms. The van der Waals surface area contributed by atoms with Gasteiger partial charge in [0.05, 0.1) is 5.56 Å². The van der Waals surface area contributed by atoms with E-state index in [0.29, 0.717) is 33.1 Å². The molecule has 152 valence electrons. The third-order valence-corrected chi connectivity index (χ3v) is 6.41. The van der Waals surface area contributed by atoms with Crippen LogP contribution in [0.3, 0.4) is 0 Å². The van der Waals surface area contributed by atoms with Gasteiger partial charge in [-0.3, -0.25) is 0 Å². The Kier molecular flexibility index (Phi) is 2.21. The maximum Gasteiger partial charge on any atom is 0.216 e. The maximum absolute atomic E-state index is 8.49. The van der Waals surface area contributed by atoms with E-state index in [1.807, 2.05) is 19.1 Å². The van der Waals surface area contributed by atoms with Crippen LogP contribution in [0.5, 0.6) is 0 Å². The first kappa shape index (κ1) is 11.3. The van der Waals surface area contributed by atoms with Crippen LogP contribution >= 0.6 is 0 Å². The van der Waals surface area contributed by atoms with Crippen molar-refractivity contribution in [1.29, 1.82) is 0 Å². The van der Waals surface area contributed by atoms with Gasteiger partial charge in [0.1, 0.15) is 18.2 Å². The SMILES string of the molecule is [2H]C([2H])([2H])c1ccc(-c2c(C)ccc3c2oc2ccc4c(c23)-c2ccccc2C4(C([2H])([2H])[2H])C([2H])([2H])[2H])[n+](C)c1. The molecule has 0 fully saturated rings. The molecule has 0 N–H and O–H groups in total. The fourth-order valence-corrected chi connectivity index (χ4v) is 4.98. The quantitative estimate of drug-likeness (QED) is 0.270. The lowest BCUT2D eigenvalue weighted by atomic mass is 9.82. The highest BCUT2D eigenvalue weighted by atomic mass is 16.3. The van der Waals surface area contributed by atoms with Crippen LogP contribution in [-0.2, 0) is 12.5 Å². The van der Waals surface area contributed by atoms with Gasteiger partial charge in [0.25, 0.3) is 0 Å². The van der Waals surface area contributed by atoms with Crippen LogP contribution in [0.25, 0.3) is 44.3 Å². The van der Waals surface area contributed by atoms with Crippen molar-refractivity contribution in [3.8, 4) is 22.4 Å². The highest BCUT2D eigenvalue weighted by Crippen LogP contribution is 2.53. The molecule has 0 saturated heterocycles. The normalized spacial score (nSPS) is 19.7. The van der Waals surface area contributed by atoms with Crippen LogP contribution in [0.4, 0.5) is 0 Å². The minimum Gasteiger partial charge on any atom is -0.455 e. The monoisotopic (exact) mass is 413 g/mol. The van der Waals surface area contributed by atoms with Gasteiger partial charge in [0.15, 0.2) is 6.20 Å². The van der Waals surface area contributed by atoms with Gasteiger partial charge in [-0.25, -0.2) is 4.57 Å². The molecule has 2 heterocycles. The van der Waals surface area contributed by atoms with Crippen molar-refractivity contribution >= 4 is 21.9 Å². The molecule has 0 atom stereocenters. The molecule has 0 saturated carbocycles. The van der Waals surface area contributed by atoms with Crippen molar-refractivity contribution in [2.45, 2.75) is 32.9 Å². The van der Waals surface area contributed by atoms with E-state index in [-0.39, 0.29) is 16.7 Å². The number of hydrogen-bond acceptors (Lipinski definition) is 1. The number of aromatic nitrogens is 1. The molecule has 0 spiro atoms. The summed E-state index contributed by atoms with van der Waals surface area (Å²) in [5, 5.41) is 1.37. The van der Waals surface area contributed by atoms with Gasteiger partial charge in [-0.05, 0) is 53.7 Å². The lowest BCUT2D eigenvalue weighted by Gasteiger charge is -2.21. The summed E-state index contributed by atoms with van der Waals surface area (Å²) in [6.45, 7) is -6.02. The number of furan rings is 1. The van der Waals surface area contributed by atoms with Gasteiger partial charge < -0.3 is 4.42 Å². The highest BCUT2D eigenvalue weighted by Gasteiger charge is 2.37. The molecular formula is C29H26NO+. The number of aryl methyl sites for hydroxylation is 3. The topological polar surface area (TPSA) is 17.0 Å². The molecule has 2 aromatic heterocycles. The molecular weight excluding hydrogens is 378 g/mol. The zero-order chi connectivity index (χ0) is 29.0. The van der Waals surface area contributed by atoms with Gasteiger partial charge in [0, 0.05) is 40.2 Å². The summed E-state index contributed by atoms with van der Waals surface area (Å²) in [5.74, 6) is 0. The lowest BCUT2D eigenvalue weighted by molar-refractivity contribution is -0.660. The summed E-state index contributed by atoms with van der Waals surface area (Å²) in [7, 11) is 1.78. The second-order valence-electron chi connectivity index (χ2n) is 8.31. The molecule has 0 aliphatic heterocycles. The standard InChI is InChI=1S/C29H26NO/c1-17-10-14-23(30(5)16-17)25-18(2)11-12-20-27-24(31-28(20)25)15-13-22-26(27)19-8-6-7-9-21(19)29(22,3)4/h6-16H,1-5H3/q+1/i1D3,3D3,4D3. The van der Waals surface area contributed by atoms with Crippen LogP contribution in [0.15, 0.2) is 71.3 Å². The predicted octanol–water partition coefficient (Wildman–Crippen LogP) is 7.00. The van der Waals surface area contributed by atoms with Crippen LogP contribution in [0.1, 0.15) is 48.3 Å². The van der Waals surface area contributed by atoms with Gasteiger partial charge in [0.2, 0.25) is 5.69 Å². The Morgan fingerprint density at radius 3 is 2.58 bits per heavy atom. The summed E-state index contributed by atoms with van der Waals surface area (Å²) in [4.78, 5) is 0. The average molecular weight is 414 g/mol. The van der Waals surface area contributed by atoms with Crippen molar-refractivity contribution in [1.82, 2.24) is 0 Å². The second-order valence-corrected chi connectivity index (χ2v) is 8.31. The first-order valence-electron chi connectivity index (χ1n) is 14.7. The molecule has 0 bridgehead atoms. The third kappa shape index (κ3) is 2.36. The van der Waals surface area contributed by atoms with Gasteiger partial charge in [-0.2, -0.15) is 0 Å². The Balaban J connectivity index is 1.73. The summed E-state index contributed by atoms with van der Waals surface area (Å²) < 4.78 is 82.5. The smallest absolute Gasteiger partial charge is 0.216 e. The Morgan fingerprint density at radius 1 is 0.903 bits per heavy atom. The number of fused-ring (bicyclic) bond motifs is 7. The summed E-state index contributed by atoms with van der Waals surface area (Å²) in [6, 6.07) is 17.2. The minimum atomic E-state index is -2.85. The summed E-state index contributed by atoms with van der Waals surface area (Å²) >= 11 is 0.